The topological polar surface area (TPSA) is 107 Å². The molecule has 1 aliphatic rings. The van der Waals surface area contributed by atoms with Crippen LogP contribution < -0.4 is 0 Å². The van der Waals surface area contributed by atoms with Gasteiger partial charge in [0.25, 0.3) is 0 Å². The molecule has 0 unspecified atom stereocenters. The quantitative estimate of drug-likeness (QED) is 0.471. The van der Waals surface area contributed by atoms with Crippen molar-refractivity contribution in [1.82, 2.24) is 0 Å². The van der Waals surface area contributed by atoms with Crippen molar-refractivity contribution in [3.05, 3.63) is 0 Å². The van der Waals surface area contributed by atoms with E-state index in [-0.39, 0.29) is 34.8 Å². The van der Waals surface area contributed by atoms with E-state index in [0.717, 1.165) is 0 Å². The van der Waals surface area contributed by atoms with Gasteiger partial charge in [0.2, 0.25) is 0 Å². The molecule has 1 fully saturated rings. The minimum absolute atomic E-state index is 0. The van der Waals surface area contributed by atoms with Gasteiger partial charge in [0, 0.05) is 34.8 Å². The number of thioether (sulfide) groups is 1. The van der Waals surface area contributed by atoms with Crippen LogP contribution in [0.4, 0.5) is 0 Å². The zero-order valence-corrected chi connectivity index (χ0v) is 12.8. The van der Waals surface area contributed by atoms with Crippen molar-refractivity contribution in [2.24, 2.45) is 0 Å². The van der Waals surface area contributed by atoms with Crippen LogP contribution in [0.2, 0.25) is 0 Å². The largest absolute Gasteiger partial charge is 0.479 e. The number of aliphatic hydroxyl groups is 3. The van der Waals surface area contributed by atoms with Gasteiger partial charge in [0.05, 0.1) is 0 Å². The molecule has 1 saturated heterocycles. The molecule has 17 heavy (non-hydrogen) atoms. The maximum absolute atomic E-state index is 10.8. The van der Waals surface area contributed by atoms with Crippen LogP contribution in [0.25, 0.3) is 0 Å². The predicted molar refractivity (Wildman–Crippen MR) is 62.8 cm³/mol. The number of rotatable bonds is 3. The third kappa shape index (κ3) is 4.36. The zero-order chi connectivity index (χ0) is 12.5. The number of carbonyl (C=O) groups is 1. The SMILES string of the molecule is CC(C)S[C@@H]1O[C@H](C(=O)O)[C@@H](O)[C@H](O)[C@H]1O.[Na]. The first-order valence-electron chi connectivity index (χ1n) is 4.92. The predicted octanol–water partition coefficient (Wildman–Crippen LogP) is -1.36. The fourth-order valence-electron chi connectivity index (χ4n) is 1.43. The molecule has 0 amide bonds. The first-order chi connectivity index (χ1) is 7.34. The van der Waals surface area contributed by atoms with Crippen LogP contribution in [0.3, 0.4) is 0 Å². The number of ether oxygens (including phenoxy) is 1. The van der Waals surface area contributed by atoms with Crippen LogP contribution in [-0.4, -0.2) is 91.1 Å². The van der Waals surface area contributed by atoms with Crippen LogP contribution in [0.1, 0.15) is 13.8 Å². The van der Waals surface area contributed by atoms with Crippen LogP contribution in [0.15, 0.2) is 0 Å². The Morgan fingerprint density at radius 2 is 1.71 bits per heavy atom. The smallest absolute Gasteiger partial charge is 0.335 e. The minimum Gasteiger partial charge on any atom is -0.479 e. The zero-order valence-electron chi connectivity index (χ0n) is 9.98. The van der Waals surface area contributed by atoms with Crippen molar-refractivity contribution >= 4 is 47.3 Å². The van der Waals surface area contributed by atoms with Crippen molar-refractivity contribution in [1.29, 1.82) is 0 Å². The Morgan fingerprint density at radius 3 is 2.12 bits per heavy atom. The maximum Gasteiger partial charge on any atom is 0.335 e. The van der Waals surface area contributed by atoms with Crippen LogP contribution in [-0.2, 0) is 9.53 Å². The fourth-order valence-corrected chi connectivity index (χ4v) is 2.48. The van der Waals surface area contributed by atoms with Crippen molar-refractivity contribution in [3.63, 3.8) is 0 Å². The van der Waals surface area contributed by atoms with E-state index in [1.165, 1.54) is 11.8 Å². The Kier molecular flexibility index (Phi) is 7.58. The summed E-state index contributed by atoms with van der Waals surface area (Å²) in [6.45, 7) is 3.71. The molecule has 8 heteroatoms. The molecule has 0 aliphatic carbocycles. The van der Waals surface area contributed by atoms with Gasteiger partial charge in [-0.15, -0.1) is 11.8 Å². The molecule has 0 aromatic rings. The molecule has 95 valence electrons. The number of aliphatic hydroxyl groups excluding tert-OH is 3. The van der Waals surface area contributed by atoms with E-state index in [1.54, 1.807) is 0 Å². The maximum atomic E-state index is 10.8. The van der Waals surface area contributed by atoms with E-state index >= 15 is 0 Å². The number of carboxylic acids is 1. The molecule has 0 bridgehead atoms. The second-order valence-electron chi connectivity index (χ2n) is 3.92. The Bertz CT molecular complexity index is 264. The molecule has 1 rings (SSSR count). The number of carboxylic acid groups (broad SMARTS) is 1. The average Bonchev–Trinajstić information content (AvgIpc) is 2.18. The molecule has 1 radical (unpaired) electrons. The van der Waals surface area contributed by atoms with Gasteiger partial charge in [0.15, 0.2) is 6.10 Å². The van der Waals surface area contributed by atoms with E-state index < -0.39 is 35.8 Å². The monoisotopic (exact) mass is 275 g/mol. The summed E-state index contributed by atoms with van der Waals surface area (Å²) >= 11 is 1.20. The molecule has 0 aromatic heterocycles. The Balaban J connectivity index is 0.00000256. The summed E-state index contributed by atoms with van der Waals surface area (Å²) in [5, 5.41) is 37.4. The summed E-state index contributed by atoms with van der Waals surface area (Å²) in [4.78, 5) is 10.8. The molecule has 5 atom stereocenters. The van der Waals surface area contributed by atoms with Crippen molar-refractivity contribution in [2.75, 3.05) is 0 Å². The van der Waals surface area contributed by atoms with Gasteiger partial charge in [-0.25, -0.2) is 4.79 Å². The second kappa shape index (κ2) is 7.30. The molecule has 1 aliphatic heterocycles. The van der Waals surface area contributed by atoms with Crippen LogP contribution >= 0.6 is 11.8 Å². The van der Waals surface area contributed by atoms with E-state index in [0.29, 0.717) is 0 Å². The summed E-state index contributed by atoms with van der Waals surface area (Å²) in [6, 6.07) is 0. The standard InChI is InChI=1S/C9H16O6S.Na/c1-3(2)16-9-6(12)4(10)5(11)7(15-9)8(13)14;/h3-7,9-12H,1-2H3,(H,13,14);/t4-,5-,6+,7-,9-;/m0./s1. The second-order valence-corrected chi connectivity index (χ2v) is 5.60. The van der Waals surface area contributed by atoms with Gasteiger partial charge in [-0.1, -0.05) is 13.8 Å². The fraction of sp³-hybridized carbons (Fsp3) is 0.889. The molecule has 0 saturated carbocycles. The summed E-state index contributed by atoms with van der Waals surface area (Å²) in [5.41, 5.74) is -0.848. The third-order valence-electron chi connectivity index (χ3n) is 2.22. The van der Waals surface area contributed by atoms with Crippen LogP contribution in [0.5, 0.6) is 0 Å². The third-order valence-corrected chi connectivity index (χ3v) is 3.42. The summed E-state index contributed by atoms with van der Waals surface area (Å²) < 4.78 is 5.06. The average molecular weight is 275 g/mol. The van der Waals surface area contributed by atoms with Crippen molar-refractivity contribution in [2.45, 2.75) is 48.9 Å². The van der Waals surface area contributed by atoms with E-state index in [2.05, 4.69) is 0 Å². The Morgan fingerprint density at radius 1 is 1.18 bits per heavy atom. The normalized spacial score (nSPS) is 37.6. The van der Waals surface area contributed by atoms with Gasteiger partial charge in [-0.3, -0.25) is 0 Å². The molecule has 0 aromatic carbocycles. The van der Waals surface area contributed by atoms with Gasteiger partial charge >= 0.3 is 5.97 Å². The van der Waals surface area contributed by atoms with Crippen LogP contribution in [0, 0.1) is 0 Å². The van der Waals surface area contributed by atoms with E-state index in [4.69, 9.17) is 9.84 Å². The summed E-state index contributed by atoms with van der Waals surface area (Å²) in [6.07, 6.45) is -5.92. The molecule has 4 N–H and O–H groups in total. The Hall–Kier alpha value is 0.660. The van der Waals surface area contributed by atoms with Crippen molar-refractivity contribution in [3.8, 4) is 0 Å². The molecular formula is C9H16NaO6S. The van der Waals surface area contributed by atoms with Gasteiger partial charge in [-0.05, 0) is 0 Å². The molecule has 1 heterocycles. The summed E-state index contributed by atoms with van der Waals surface area (Å²) in [7, 11) is 0. The number of hydrogen-bond donors (Lipinski definition) is 4. The first-order valence-corrected chi connectivity index (χ1v) is 5.86. The van der Waals surface area contributed by atoms with E-state index in [9.17, 15) is 20.1 Å². The number of aliphatic carboxylic acids is 1. The molecule has 6 nitrogen and oxygen atoms in total. The summed E-state index contributed by atoms with van der Waals surface area (Å²) in [5.74, 6) is -1.35. The molecular weight excluding hydrogens is 259 g/mol. The number of hydrogen-bond acceptors (Lipinski definition) is 6. The molecule has 0 spiro atoms. The minimum atomic E-state index is -1.61. The van der Waals surface area contributed by atoms with Gasteiger partial charge < -0.3 is 25.2 Å². The first kappa shape index (κ1) is 17.7. The van der Waals surface area contributed by atoms with Gasteiger partial charge in [-0.2, -0.15) is 0 Å². The van der Waals surface area contributed by atoms with Crippen molar-refractivity contribution < 1.29 is 30.0 Å². The van der Waals surface area contributed by atoms with E-state index in [1.807, 2.05) is 13.8 Å². The van der Waals surface area contributed by atoms with Gasteiger partial charge in [0.1, 0.15) is 23.7 Å². The Labute approximate surface area is 126 Å².